The second kappa shape index (κ2) is 18.2. The van der Waals surface area contributed by atoms with Crippen LogP contribution in [-0.4, -0.2) is 106 Å². The molecule has 0 aromatic rings. The molecule has 284 valence electrons. The van der Waals surface area contributed by atoms with Crippen molar-refractivity contribution in [3.8, 4) is 0 Å². The molecule has 0 unspecified atom stereocenters. The van der Waals surface area contributed by atoms with Crippen molar-refractivity contribution in [3.05, 3.63) is 11.6 Å². The molecule has 11 heteroatoms. The highest BCUT2D eigenvalue weighted by molar-refractivity contribution is 8.14. The van der Waals surface area contributed by atoms with E-state index < -0.39 is 35.9 Å². The molecule has 0 N–H and O–H groups in total. The first-order valence-corrected chi connectivity index (χ1v) is 19.4. The van der Waals surface area contributed by atoms with Crippen molar-refractivity contribution in [2.24, 2.45) is 40.0 Å². The lowest BCUT2D eigenvalue weighted by atomic mass is 9.80. The summed E-state index contributed by atoms with van der Waals surface area (Å²) in [5.74, 6) is -0.973. The number of Topliss-reactive ketones (excluding diaryl/α,β-unsaturated/α-hetero) is 1. The van der Waals surface area contributed by atoms with Gasteiger partial charge in [0.05, 0.1) is 11.1 Å². The SMILES string of the molecule is CC[C@H](C)[C@H]1C(=O)N(C)[C@@H](C)C(=O)O[C@H](C(C)(C)C)C[C@@H](C)C[C@H](C)[C@@H](C)C2=N[C@@H](/C=C(\C)C(=O)C[C@@H](C)C(=O)N(C)[C@@H](C)C(=O)N1C)CS2. The van der Waals surface area contributed by atoms with Gasteiger partial charge in [-0.1, -0.05) is 74.8 Å². The summed E-state index contributed by atoms with van der Waals surface area (Å²) in [7, 11) is 4.71. The summed E-state index contributed by atoms with van der Waals surface area (Å²) >= 11 is 1.74. The van der Waals surface area contributed by atoms with Gasteiger partial charge in [0.1, 0.15) is 24.2 Å². The van der Waals surface area contributed by atoms with E-state index >= 15 is 0 Å². The molecule has 2 bridgehead atoms. The Bertz CT molecular complexity index is 1310. The number of fused-ring (bicyclic) bond motifs is 1. The standard InChI is InChI=1S/C39H66N4O6S/c1-16-23(3)33-37(47)42(14)29(9)38(48)49-32(39(10,11)12)18-22(2)17-24(4)27(7)34-40-30(21-50-34)19-25(5)31(44)20-26(6)35(45)41(13)28(8)36(46)43(33)15/h19,22-24,26-30,32-33H,16-18,20-21H2,1-15H3/b25-19+/t22-,23-,24-,26+,27+,28-,29-,30-,32-,33-/m0/s1. The Hall–Kier alpha value is -2.69. The zero-order valence-corrected chi connectivity index (χ0v) is 34.3. The van der Waals surface area contributed by atoms with Crippen LogP contribution in [0.3, 0.4) is 0 Å². The third-order valence-corrected chi connectivity index (χ3v) is 12.4. The molecule has 0 saturated heterocycles. The molecule has 0 aliphatic carbocycles. The number of ether oxygens (including phenoxy) is 1. The van der Waals surface area contributed by atoms with Crippen molar-refractivity contribution < 1.29 is 28.7 Å². The lowest BCUT2D eigenvalue weighted by molar-refractivity contribution is -0.166. The third-order valence-electron chi connectivity index (χ3n) is 11.1. The predicted octanol–water partition coefficient (Wildman–Crippen LogP) is 6.27. The molecule has 2 aliphatic heterocycles. The molecule has 2 aliphatic rings. The van der Waals surface area contributed by atoms with E-state index in [1.165, 1.54) is 14.7 Å². The number of esters is 1. The quantitative estimate of drug-likeness (QED) is 0.309. The van der Waals surface area contributed by atoms with E-state index in [1.54, 1.807) is 60.6 Å². The number of rotatable bonds is 2. The Morgan fingerprint density at radius 3 is 2.02 bits per heavy atom. The topological polar surface area (TPSA) is 117 Å². The number of nitrogens with zero attached hydrogens (tertiary/aromatic N) is 4. The van der Waals surface area contributed by atoms with E-state index in [0.29, 0.717) is 24.3 Å². The molecule has 0 aromatic heterocycles. The van der Waals surface area contributed by atoms with Crippen molar-refractivity contribution in [3.63, 3.8) is 0 Å². The van der Waals surface area contributed by atoms with Crippen molar-refractivity contribution in [2.75, 3.05) is 26.9 Å². The minimum Gasteiger partial charge on any atom is -0.460 e. The number of hydrogen-bond donors (Lipinski definition) is 0. The molecule has 0 radical (unpaired) electrons. The molecule has 0 spiro atoms. The van der Waals surface area contributed by atoms with Crippen molar-refractivity contribution >= 4 is 46.3 Å². The van der Waals surface area contributed by atoms with E-state index in [9.17, 15) is 24.0 Å². The van der Waals surface area contributed by atoms with Gasteiger partial charge in [-0.15, -0.1) is 11.8 Å². The zero-order valence-electron chi connectivity index (χ0n) is 33.5. The summed E-state index contributed by atoms with van der Waals surface area (Å²) in [6, 6.07) is -2.73. The van der Waals surface area contributed by atoms with E-state index in [1.807, 2.05) is 19.9 Å². The number of carbonyl (C=O) groups is 5. The van der Waals surface area contributed by atoms with Gasteiger partial charge in [0.15, 0.2) is 5.78 Å². The van der Waals surface area contributed by atoms with Gasteiger partial charge in [-0.3, -0.25) is 24.2 Å². The normalized spacial score (nSPS) is 34.4. The van der Waals surface area contributed by atoms with Crippen LogP contribution in [0, 0.1) is 35.0 Å². The molecule has 10 nitrogen and oxygen atoms in total. The van der Waals surface area contributed by atoms with Crippen LogP contribution in [0.1, 0.15) is 109 Å². The average molecular weight is 719 g/mol. The summed E-state index contributed by atoms with van der Waals surface area (Å²) in [5.41, 5.74) is 0.260. The van der Waals surface area contributed by atoms with Gasteiger partial charge in [0.2, 0.25) is 17.7 Å². The van der Waals surface area contributed by atoms with Crippen LogP contribution in [0.25, 0.3) is 0 Å². The Morgan fingerprint density at radius 1 is 0.880 bits per heavy atom. The summed E-state index contributed by atoms with van der Waals surface area (Å²) in [5, 5.41) is 1.08. The number of allylic oxidation sites excluding steroid dienone is 1. The van der Waals surface area contributed by atoms with Crippen LogP contribution >= 0.6 is 11.8 Å². The highest BCUT2D eigenvalue weighted by Gasteiger charge is 2.40. The minimum atomic E-state index is -0.884. The van der Waals surface area contributed by atoms with Gasteiger partial charge in [0.25, 0.3) is 0 Å². The Kier molecular flexibility index (Phi) is 15.8. The highest BCUT2D eigenvalue weighted by Crippen LogP contribution is 2.35. The Balaban J connectivity index is 2.53. The summed E-state index contributed by atoms with van der Waals surface area (Å²) in [6.07, 6.45) is 3.78. The van der Waals surface area contributed by atoms with Crippen LogP contribution < -0.4 is 0 Å². The monoisotopic (exact) mass is 718 g/mol. The molecule has 0 fully saturated rings. The number of ketones is 1. The van der Waals surface area contributed by atoms with E-state index in [-0.39, 0.29) is 59.3 Å². The van der Waals surface area contributed by atoms with Crippen LogP contribution in [0.5, 0.6) is 0 Å². The highest BCUT2D eigenvalue weighted by atomic mass is 32.2. The Labute approximate surface area is 306 Å². The smallest absolute Gasteiger partial charge is 0.328 e. The fourth-order valence-corrected chi connectivity index (χ4v) is 7.94. The molecule has 0 aromatic carbocycles. The van der Waals surface area contributed by atoms with Gasteiger partial charge in [-0.25, -0.2) is 4.79 Å². The number of thioether (sulfide) groups is 1. The van der Waals surface area contributed by atoms with E-state index in [4.69, 9.17) is 9.73 Å². The molecular weight excluding hydrogens is 653 g/mol. The molecule has 2 rings (SSSR count). The summed E-state index contributed by atoms with van der Waals surface area (Å²) in [4.78, 5) is 77.6. The van der Waals surface area contributed by atoms with Crippen molar-refractivity contribution in [1.82, 2.24) is 14.7 Å². The molecule has 2 heterocycles. The number of cyclic esters (lactones) is 1. The molecule has 10 atom stereocenters. The van der Waals surface area contributed by atoms with Crippen molar-refractivity contribution in [1.29, 1.82) is 0 Å². The number of hydrogen-bond acceptors (Lipinski definition) is 8. The van der Waals surface area contributed by atoms with Gasteiger partial charge >= 0.3 is 5.97 Å². The lowest BCUT2D eigenvalue weighted by Crippen LogP contribution is -2.58. The largest absolute Gasteiger partial charge is 0.460 e. The molecular formula is C39H66N4O6S. The first-order valence-electron chi connectivity index (χ1n) is 18.5. The first-order chi connectivity index (χ1) is 23.0. The zero-order chi connectivity index (χ0) is 38.4. The fourth-order valence-electron chi connectivity index (χ4n) is 6.72. The molecule has 50 heavy (non-hydrogen) atoms. The maximum Gasteiger partial charge on any atom is 0.328 e. The molecule has 0 saturated carbocycles. The van der Waals surface area contributed by atoms with Crippen LogP contribution in [-0.2, 0) is 28.7 Å². The fraction of sp³-hybridized carbons (Fsp3) is 0.795. The van der Waals surface area contributed by atoms with Gasteiger partial charge in [-0.05, 0) is 62.4 Å². The molecule has 3 amide bonds. The van der Waals surface area contributed by atoms with Gasteiger partial charge < -0.3 is 19.4 Å². The second-order valence-electron chi connectivity index (χ2n) is 16.4. The van der Waals surface area contributed by atoms with Crippen LogP contribution in [0.2, 0.25) is 0 Å². The summed E-state index contributed by atoms with van der Waals surface area (Å²) < 4.78 is 6.20. The van der Waals surface area contributed by atoms with Gasteiger partial charge in [0, 0.05) is 45.2 Å². The average Bonchev–Trinajstić information content (AvgIpc) is 3.52. The number of carbonyl (C=O) groups excluding carboxylic acids is 5. The first kappa shape index (κ1) is 43.5. The number of amides is 3. The van der Waals surface area contributed by atoms with Gasteiger partial charge in [-0.2, -0.15) is 0 Å². The summed E-state index contributed by atoms with van der Waals surface area (Å²) in [6.45, 7) is 23.5. The predicted molar refractivity (Wildman–Crippen MR) is 203 cm³/mol. The maximum absolute atomic E-state index is 14.1. The maximum atomic E-state index is 14.1. The van der Waals surface area contributed by atoms with Crippen molar-refractivity contribution in [2.45, 2.75) is 139 Å². The number of aliphatic imine (C=N–C) groups is 1. The van der Waals surface area contributed by atoms with E-state index in [0.717, 1.165) is 17.2 Å². The lowest BCUT2D eigenvalue weighted by Gasteiger charge is -2.39. The second-order valence-corrected chi connectivity index (χ2v) is 17.4. The van der Waals surface area contributed by atoms with E-state index in [2.05, 4.69) is 41.5 Å². The third kappa shape index (κ3) is 10.9. The minimum absolute atomic E-state index is 0.0202. The van der Waals surface area contributed by atoms with Crippen LogP contribution in [0.15, 0.2) is 16.6 Å². The van der Waals surface area contributed by atoms with Crippen LogP contribution in [0.4, 0.5) is 0 Å². The number of likely N-dealkylation sites (N-methyl/N-ethyl adjacent to an activating group) is 3. The Morgan fingerprint density at radius 2 is 1.46 bits per heavy atom.